The van der Waals surface area contributed by atoms with E-state index in [-0.39, 0.29) is 10.6 Å². The molecule has 3 aromatic carbocycles. The van der Waals surface area contributed by atoms with E-state index in [4.69, 9.17) is 9.47 Å². The Hall–Kier alpha value is -3.52. The van der Waals surface area contributed by atoms with Gasteiger partial charge in [-0.15, -0.1) is 4.41 Å². The van der Waals surface area contributed by atoms with Gasteiger partial charge in [0.05, 0.1) is 17.7 Å². The molecule has 156 valence electrons. The van der Waals surface area contributed by atoms with Crippen LogP contribution < -0.4 is 14.9 Å². The second-order valence-electron chi connectivity index (χ2n) is 6.29. The molecule has 0 aliphatic heterocycles. The van der Waals surface area contributed by atoms with Crippen LogP contribution in [0.5, 0.6) is 11.5 Å². The van der Waals surface area contributed by atoms with Crippen molar-refractivity contribution >= 4 is 21.8 Å². The summed E-state index contributed by atoms with van der Waals surface area (Å²) in [6, 6.07) is 21.1. The highest BCUT2D eigenvalue weighted by Gasteiger charge is 2.32. The lowest BCUT2D eigenvalue weighted by Crippen LogP contribution is -2.43. The average Bonchev–Trinajstić information content (AvgIpc) is 2.78. The maximum absolute atomic E-state index is 13.2. The maximum atomic E-state index is 13.2. The molecule has 0 saturated carbocycles. The van der Waals surface area contributed by atoms with Gasteiger partial charge < -0.3 is 9.47 Å². The maximum Gasteiger partial charge on any atom is 0.449 e. The smallest absolute Gasteiger partial charge is 0.449 e. The molecule has 0 heterocycles. The summed E-state index contributed by atoms with van der Waals surface area (Å²) in [6.07, 6.45) is -0.249. The molecular formula is C22H22N2O5S. The number of aryl methyl sites for hydroxylation is 1. The van der Waals surface area contributed by atoms with Gasteiger partial charge in [-0.3, -0.25) is 5.43 Å². The molecular weight excluding hydrogens is 404 g/mol. The number of carbonyl (C=O) groups is 1. The van der Waals surface area contributed by atoms with E-state index in [0.717, 1.165) is 12.0 Å². The summed E-state index contributed by atoms with van der Waals surface area (Å²) in [4.78, 5) is 12.8. The summed E-state index contributed by atoms with van der Waals surface area (Å²) in [5.74, 6) is 0.733. The van der Waals surface area contributed by atoms with E-state index in [1.54, 1.807) is 42.5 Å². The quantitative estimate of drug-likeness (QED) is 0.561. The molecule has 0 radical (unpaired) electrons. The number of anilines is 1. The van der Waals surface area contributed by atoms with E-state index in [9.17, 15) is 13.2 Å². The van der Waals surface area contributed by atoms with Gasteiger partial charge >= 0.3 is 6.09 Å². The first-order valence-electron chi connectivity index (χ1n) is 9.26. The van der Waals surface area contributed by atoms with Gasteiger partial charge in [0.1, 0.15) is 11.5 Å². The number of nitrogens with one attached hydrogen (secondary N) is 1. The summed E-state index contributed by atoms with van der Waals surface area (Å²) >= 11 is 0. The number of hydrogen-bond acceptors (Lipinski definition) is 6. The van der Waals surface area contributed by atoms with Crippen molar-refractivity contribution in [3.05, 3.63) is 84.4 Å². The largest absolute Gasteiger partial charge is 0.497 e. The minimum Gasteiger partial charge on any atom is -0.497 e. The van der Waals surface area contributed by atoms with Crippen LogP contribution in [-0.4, -0.2) is 26.0 Å². The average molecular weight is 426 g/mol. The number of hydrazine groups is 1. The van der Waals surface area contributed by atoms with Crippen molar-refractivity contribution in [2.75, 3.05) is 12.5 Å². The predicted molar refractivity (Wildman–Crippen MR) is 114 cm³/mol. The Morgan fingerprint density at radius 2 is 1.50 bits per heavy atom. The molecule has 3 rings (SSSR count). The second-order valence-corrected chi connectivity index (χ2v) is 8.07. The number of carbonyl (C=O) groups excluding carboxylic acids is 1. The van der Waals surface area contributed by atoms with Crippen LogP contribution in [0.15, 0.2) is 83.8 Å². The Bertz CT molecular complexity index is 1080. The zero-order valence-corrected chi connectivity index (χ0v) is 17.4. The van der Waals surface area contributed by atoms with Gasteiger partial charge in [-0.05, 0) is 60.5 Å². The lowest BCUT2D eigenvalue weighted by Gasteiger charge is -2.23. The van der Waals surface area contributed by atoms with Crippen molar-refractivity contribution in [3.63, 3.8) is 0 Å². The molecule has 1 N–H and O–H groups in total. The summed E-state index contributed by atoms with van der Waals surface area (Å²) in [5, 5.41) is 0. The third-order valence-electron chi connectivity index (χ3n) is 4.30. The number of amides is 1. The van der Waals surface area contributed by atoms with Crippen molar-refractivity contribution < 1.29 is 22.7 Å². The zero-order chi connectivity index (χ0) is 21.6. The predicted octanol–water partition coefficient (Wildman–Crippen LogP) is 4.47. The van der Waals surface area contributed by atoms with Crippen LogP contribution in [0.25, 0.3) is 0 Å². The molecule has 0 atom stereocenters. The number of benzene rings is 3. The van der Waals surface area contributed by atoms with Crippen LogP contribution in [0.4, 0.5) is 10.5 Å². The molecule has 0 fully saturated rings. The van der Waals surface area contributed by atoms with Gasteiger partial charge in [-0.2, -0.15) is 8.42 Å². The first-order valence-corrected chi connectivity index (χ1v) is 10.7. The molecule has 0 saturated heterocycles. The first kappa shape index (κ1) is 21.2. The number of ether oxygens (including phenoxy) is 2. The zero-order valence-electron chi connectivity index (χ0n) is 16.6. The summed E-state index contributed by atoms with van der Waals surface area (Å²) in [5.41, 5.74) is 4.11. The van der Waals surface area contributed by atoms with Gasteiger partial charge in [0.15, 0.2) is 0 Å². The van der Waals surface area contributed by atoms with Crippen LogP contribution in [0.2, 0.25) is 0 Å². The molecule has 0 aromatic heterocycles. The summed E-state index contributed by atoms with van der Waals surface area (Å²) in [7, 11) is -2.78. The van der Waals surface area contributed by atoms with Crippen LogP contribution in [-0.2, 0) is 16.4 Å². The number of methoxy groups -OCH3 is 1. The molecule has 30 heavy (non-hydrogen) atoms. The van der Waals surface area contributed by atoms with Gasteiger partial charge in [0.2, 0.25) is 0 Å². The van der Waals surface area contributed by atoms with Crippen molar-refractivity contribution in [1.82, 2.24) is 4.41 Å². The van der Waals surface area contributed by atoms with Crippen LogP contribution in [0, 0.1) is 0 Å². The third kappa shape index (κ3) is 4.90. The molecule has 0 bridgehead atoms. The van der Waals surface area contributed by atoms with E-state index in [2.05, 4.69) is 5.43 Å². The molecule has 0 aliphatic carbocycles. The summed E-state index contributed by atoms with van der Waals surface area (Å²) < 4.78 is 37.3. The van der Waals surface area contributed by atoms with Gasteiger partial charge in [0.25, 0.3) is 10.0 Å². The molecule has 1 amide bonds. The van der Waals surface area contributed by atoms with Crippen molar-refractivity contribution in [2.24, 2.45) is 0 Å². The van der Waals surface area contributed by atoms with Gasteiger partial charge in [-0.1, -0.05) is 37.3 Å². The van der Waals surface area contributed by atoms with E-state index in [0.29, 0.717) is 15.9 Å². The Balaban J connectivity index is 1.92. The third-order valence-corrected chi connectivity index (χ3v) is 5.89. The molecule has 8 heteroatoms. The topological polar surface area (TPSA) is 84.9 Å². The Kier molecular flexibility index (Phi) is 6.58. The number of para-hydroxylation sites is 1. The van der Waals surface area contributed by atoms with E-state index < -0.39 is 16.1 Å². The number of nitrogens with zero attached hydrogens (tertiary/aromatic N) is 1. The Morgan fingerprint density at radius 1 is 0.900 bits per heavy atom. The number of hydrogen-bond donors (Lipinski definition) is 1. The lowest BCUT2D eigenvalue weighted by molar-refractivity contribution is 0.184. The van der Waals surface area contributed by atoms with E-state index in [1.807, 2.05) is 19.1 Å². The highest BCUT2D eigenvalue weighted by Crippen LogP contribution is 2.22. The van der Waals surface area contributed by atoms with Crippen molar-refractivity contribution in [1.29, 1.82) is 0 Å². The Morgan fingerprint density at radius 3 is 2.07 bits per heavy atom. The van der Waals surface area contributed by atoms with Crippen molar-refractivity contribution in [2.45, 2.75) is 18.2 Å². The number of sulfonamides is 1. The van der Waals surface area contributed by atoms with Gasteiger partial charge in [-0.25, -0.2) is 4.79 Å². The molecule has 0 spiro atoms. The minimum atomic E-state index is -4.26. The Labute approximate surface area is 175 Å². The monoisotopic (exact) mass is 426 g/mol. The molecule has 7 nitrogen and oxygen atoms in total. The van der Waals surface area contributed by atoms with E-state index >= 15 is 0 Å². The first-order chi connectivity index (χ1) is 14.4. The summed E-state index contributed by atoms with van der Waals surface area (Å²) in [6.45, 7) is 2.01. The molecule has 0 aliphatic rings. The minimum absolute atomic E-state index is 0.0926. The molecule has 0 unspecified atom stereocenters. The van der Waals surface area contributed by atoms with Crippen LogP contribution in [0.3, 0.4) is 0 Å². The van der Waals surface area contributed by atoms with Crippen LogP contribution >= 0.6 is 0 Å². The normalized spacial score (nSPS) is 10.9. The fourth-order valence-corrected chi connectivity index (χ4v) is 3.77. The highest BCUT2D eigenvalue weighted by molar-refractivity contribution is 7.89. The highest BCUT2D eigenvalue weighted by atomic mass is 32.2. The fraction of sp³-hybridized carbons (Fsp3) is 0.136. The second kappa shape index (κ2) is 9.32. The SMILES string of the molecule is CCc1ccc(OC(=O)N(Nc2ccccc2)S(=O)(=O)c2ccc(OC)cc2)cc1. The standard InChI is InChI=1S/C22H22N2O5S/c1-3-17-9-11-20(12-10-17)29-22(25)24(23-18-7-5-4-6-8-18)30(26,27)21-15-13-19(28-2)14-16-21/h4-16,23H,3H2,1-2H3. The fourth-order valence-electron chi connectivity index (χ4n) is 2.62. The van der Waals surface area contributed by atoms with Crippen molar-refractivity contribution in [3.8, 4) is 11.5 Å². The van der Waals surface area contributed by atoms with Gasteiger partial charge in [0, 0.05) is 0 Å². The lowest BCUT2D eigenvalue weighted by atomic mass is 10.2. The molecule has 3 aromatic rings. The van der Waals surface area contributed by atoms with E-state index in [1.165, 1.54) is 31.4 Å². The number of rotatable bonds is 7. The van der Waals surface area contributed by atoms with Crippen LogP contribution in [0.1, 0.15) is 12.5 Å².